The van der Waals surface area contributed by atoms with Crippen molar-refractivity contribution in [1.29, 1.82) is 0 Å². The molecule has 0 unspecified atom stereocenters. The number of fused-ring (bicyclic) bond motifs is 1. The Morgan fingerprint density at radius 2 is 2.27 bits per heavy atom. The summed E-state index contributed by atoms with van der Waals surface area (Å²) in [6.45, 7) is 3.69. The molecular formula is C17H24N4O4S. The van der Waals surface area contributed by atoms with Gasteiger partial charge in [0.2, 0.25) is 0 Å². The van der Waals surface area contributed by atoms with E-state index >= 15 is 0 Å². The molecule has 0 aliphatic carbocycles. The molecular weight excluding hydrogens is 356 g/mol. The quantitative estimate of drug-likeness (QED) is 0.797. The number of carbonyl (C=O) groups excluding carboxylic acids is 1. The summed E-state index contributed by atoms with van der Waals surface area (Å²) in [5.74, 6) is 0.264. The number of sulfonamides is 1. The summed E-state index contributed by atoms with van der Waals surface area (Å²) in [6.07, 6.45) is 2.69. The minimum Gasteiger partial charge on any atom is -0.491 e. The average molecular weight is 380 g/mol. The summed E-state index contributed by atoms with van der Waals surface area (Å²) < 4.78 is 33.0. The standard InChI is InChI=1S/C17H24N4O4S/c1-2-8-19-17(22)21-9-4-6-13(21)10-25-14-7-3-5-12-11-26(23,24)20-16(18)15(12)14/h3,5,7,13H,2,4,6,8-11H2,1H3,(H2,18,20)(H,19,22)/t13-/m1/s1. The molecule has 3 N–H and O–H groups in total. The van der Waals surface area contributed by atoms with Crippen LogP contribution in [-0.4, -0.2) is 50.9 Å². The second kappa shape index (κ2) is 7.53. The van der Waals surface area contributed by atoms with Crippen molar-refractivity contribution in [3.8, 4) is 5.75 Å². The van der Waals surface area contributed by atoms with E-state index in [1.165, 1.54) is 0 Å². The molecule has 1 fully saturated rings. The number of urea groups is 1. The molecule has 2 amide bonds. The monoisotopic (exact) mass is 380 g/mol. The first-order chi connectivity index (χ1) is 12.4. The normalized spacial score (nSPS) is 21.0. The molecule has 1 aromatic rings. The van der Waals surface area contributed by atoms with Gasteiger partial charge in [-0.2, -0.15) is 0 Å². The maximum Gasteiger partial charge on any atom is 0.317 e. The Labute approximate surface area is 153 Å². The molecule has 1 aromatic carbocycles. The fourth-order valence-corrected chi connectivity index (χ4v) is 4.42. The third-order valence-corrected chi connectivity index (χ3v) is 5.69. The van der Waals surface area contributed by atoms with Gasteiger partial charge in [0.15, 0.2) is 0 Å². The van der Waals surface area contributed by atoms with Gasteiger partial charge in [-0.15, -0.1) is 4.40 Å². The van der Waals surface area contributed by atoms with Crippen molar-refractivity contribution in [2.45, 2.75) is 38.0 Å². The molecule has 0 spiro atoms. The molecule has 0 radical (unpaired) electrons. The first-order valence-corrected chi connectivity index (χ1v) is 10.4. The van der Waals surface area contributed by atoms with Gasteiger partial charge in [-0.3, -0.25) is 0 Å². The first kappa shape index (κ1) is 18.5. The maximum absolute atomic E-state index is 12.2. The van der Waals surface area contributed by atoms with Crippen LogP contribution >= 0.6 is 0 Å². The van der Waals surface area contributed by atoms with Gasteiger partial charge in [0.1, 0.15) is 18.2 Å². The van der Waals surface area contributed by atoms with E-state index in [0.717, 1.165) is 19.3 Å². The SMILES string of the molecule is CCCNC(=O)N1CCC[C@@H]1COc1cccc2c1C(N)=NS(=O)(=O)C2. The van der Waals surface area contributed by atoms with Crippen LogP contribution in [0.1, 0.15) is 37.3 Å². The number of ether oxygens (including phenoxy) is 1. The van der Waals surface area contributed by atoms with E-state index in [4.69, 9.17) is 10.5 Å². The number of nitrogens with one attached hydrogen (secondary N) is 1. The minimum absolute atomic E-state index is 0.0202. The second-order valence-corrected chi connectivity index (χ2v) is 8.16. The Balaban J connectivity index is 1.72. The van der Waals surface area contributed by atoms with Crippen molar-refractivity contribution in [2.75, 3.05) is 19.7 Å². The highest BCUT2D eigenvalue weighted by Gasteiger charge is 2.30. The Morgan fingerprint density at radius 1 is 1.46 bits per heavy atom. The maximum atomic E-state index is 12.2. The molecule has 0 saturated carbocycles. The van der Waals surface area contributed by atoms with Crippen LogP contribution < -0.4 is 15.8 Å². The van der Waals surface area contributed by atoms with E-state index in [1.54, 1.807) is 23.1 Å². The molecule has 1 atom stereocenters. The fourth-order valence-electron chi connectivity index (χ4n) is 3.33. The molecule has 142 valence electrons. The summed E-state index contributed by atoms with van der Waals surface area (Å²) in [5.41, 5.74) is 6.97. The van der Waals surface area contributed by atoms with E-state index in [1.807, 2.05) is 6.92 Å². The summed E-state index contributed by atoms with van der Waals surface area (Å²) in [4.78, 5) is 14.0. The Hall–Kier alpha value is -2.29. The van der Waals surface area contributed by atoms with Crippen LogP contribution in [0, 0.1) is 0 Å². The summed E-state index contributed by atoms with van der Waals surface area (Å²) in [5, 5.41) is 2.89. The summed E-state index contributed by atoms with van der Waals surface area (Å²) in [7, 11) is -3.58. The predicted molar refractivity (Wildman–Crippen MR) is 98.7 cm³/mol. The van der Waals surface area contributed by atoms with Crippen molar-refractivity contribution in [2.24, 2.45) is 10.1 Å². The number of rotatable bonds is 5. The number of hydrogen-bond donors (Lipinski definition) is 2. The predicted octanol–water partition coefficient (Wildman–Crippen LogP) is 1.20. The van der Waals surface area contributed by atoms with Crippen molar-refractivity contribution in [3.05, 3.63) is 29.3 Å². The van der Waals surface area contributed by atoms with Crippen molar-refractivity contribution in [1.82, 2.24) is 10.2 Å². The lowest BCUT2D eigenvalue weighted by Gasteiger charge is -2.26. The van der Waals surface area contributed by atoms with Gasteiger partial charge < -0.3 is 20.7 Å². The van der Waals surface area contributed by atoms with Gasteiger partial charge in [0, 0.05) is 13.1 Å². The summed E-state index contributed by atoms with van der Waals surface area (Å²) in [6, 6.07) is 5.10. The number of amidine groups is 1. The number of amides is 2. The number of hydrogen-bond acceptors (Lipinski definition) is 5. The number of carbonyl (C=O) groups is 1. The Morgan fingerprint density at radius 3 is 3.04 bits per heavy atom. The molecule has 8 nitrogen and oxygen atoms in total. The molecule has 0 bridgehead atoms. The highest BCUT2D eigenvalue weighted by molar-refractivity contribution is 7.89. The minimum atomic E-state index is -3.58. The van der Waals surface area contributed by atoms with Crippen LogP contribution in [0.2, 0.25) is 0 Å². The lowest BCUT2D eigenvalue weighted by molar-refractivity contribution is 0.165. The van der Waals surface area contributed by atoms with Gasteiger partial charge in [0.05, 0.1) is 17.4 Å². The fraction of sp³-hybridized carbons (Fsp3) is 0.529. The number of benzene rings is 1. The second-order valence-electron chi connectivity index (χ2n) is 6.53. The topological polar surface area (TPSA) is 114 Å². The number of nitrogens with two attached hydrogens (primary N) is 1. The largest absolute Gasteiger partial charge is 0.491 e. The van der Waals surface area contributed by atoms with Gasteiger partial charge in [-0.1, -0.05) is 19.1 Å². The molecule has 3 rings (SSSR count). The Kier molecular flexibility index (Phi) is 5.36. The van der Waals surface area contributed by atoms with Crippen molar-refractivity contribution < 1.29 is 17.9 Å². The third kappa shape index (κ3) is 3.92. The lowest BCUT2D eigenvalue weighted by atomic mass is 10.1. The third-order valence-electron chi connectivity index (χ3n) is 4.54. The summed E-state index contributed by atoms with van der Waals surface area (Å²) >= 11 is 0. The van der Waals surface area contributed by atoms with Crippen LogP contribution in [0.15, 0.2) is 22.6 Å². The van der Waals surface area contributed by atoms with Gasteiger partial charge in [0.25, 0.3) is 10.0 Å². The molecule has 2 aliphatic rings. The van der Waals surface area contributed by atoms with E-state index in [-0.39, 0.29) is 23.7 Å². The van der Waals surface area contributed by atoms with Crippen LogP contribution in [0.3, 0.4) is 0 Å². The number of nitrogens with zero attached hydrogens (tertiary/aromatic N) is 2. The van der Waals surface area contributed by atoms with Crippen LogP contribution in [0.4, 0.5) is 4.79 Å². The van der Waals surface area contributed by atoms with Gasteiger partial charge in [-0.05, 0) is 30.9 Å². The molecule has 0 aromatic heterocycles. The van der Waals surface area contributed by atoms with E-state index in [2.05, 4.69) is 9.71 Å². The zero-order valence-electron chi connectivity index (χ0n) is 14.8. The van der Waals surface area contributed by atoms with E-state index in [0.29, 0.717) is 36.6 Å². The van der Waals surface area contributed by atoms with Crippen LogP contribution in [0.5, 0.6) is 5.75 Å². The number of likely N-dealkylation sites (tertiary alicyclic amines) is 1. The molecule has 9 heteroatoms. The van der Waals surface area contributed by atoms with Gasteiger partial charge >= 0.3 is 6.03 Å². The molecule has 26 heavy (non-hydrogen) atoms. The zero-order valence-corrected chi connectivity index (χ0v) is 15.6. The van der Waals surface area contributed by atoms with E-state index < -0.39 is 10.0 Å². The Bertz CT molecular complexity index is 822. The highest BCUT2D eigenvalue weighted by Crippen LogP contribution is 2.29. The first-order valence-electron chi connectivity index (χ1n) is 8.79. The highest BCUT2D eigenvalue weighted by atomic mass is 32.2. The van der Waals surface area contributed by atoms with Crippen molar-refractivity contribution >= 4 is 21.9 Å². The van der Waals surface area contributed by atoms with Crippen molar-refractivity contribution in [3.63, 3.8) is 0 Å². The van der Waals surface area contributed by atoms with Crippen LogP contribution in [-0.2, 0) is 15.8 Å². The van der Waals surface area contributed by atoms with Gasteiger partial charge in [-0.25, -0.2) is 13.2 Å². The lowest BCUT2D eigenvalue weighted by Crippen LogP contribution is -2.45. The van der Waals surface area contributed by atoms with Crippen LogP contribution in [0.25, 0.3) is 0 Å². The smallest absolute Gasteiger partial charge is 0.317 e. The van der Waals surface area contributed by atoms with E-state index in [9.17, 15) is 13.2 Å². The molecule has 1 saturated heterocycles. The average Bonchev–Trinajstić information content (AvgIpc) is 3.05. The molecule has 2 heterocycles. The molecule has 2 aliphatic heterocycles. The zero-order chi connectivity index (χ0) is 18.7.